The monoisotopic (exact) mass is 408 g/mol. The molecular weight excluding hydrogens is 385 g/mol. The molecule has 2 aromatic rings. The van der Waals surface area contributed by atoms with Gasteiger partial charge in [-0.3, -0.25) is 9.59 Å². The van der Waals surface area contributed by atoms with Crippen LogP contribution in [0.1, 0.15) is 37.4 Å². The van der Waals surface area contributed by atoms with Gasteiger partial charge >= 0.3 is 12.1 Å². The lowest BCUT2D eigenvalue weighted by molar-refractivity contribution is -0.148. The molecule has 0 heterocycles. The first-order chi connectivity index (χ1) is 13.6. The first kappa shape index (κ1) is 22.3. The van der Waals surface area contributed by atoms with E-state index in [1.54, 1.807) is 38.1 Å². The largest absolute Gasteiger partial charge is 0.463 e. The minimum atomic E-state index is -4.46. The summed E-state index contributed by atoms with van der Waals surface area (Å²) in [4.78, 5) is 24.4. The van der Waals surface area contributed by atoms with Gasteiger partial charge in [0.1, 0.15) is 0 Å². The van der Waals surface area contributed by atoms with E-state index in [0.717, 1.165) is 17.7 Å². The fraction of sp³-hybridized carbons (Fsp3) is 0.333. The van der Waals surface area contributed by atoms with Crippen LogP contribution in [0.25, 0.3) is 0 Å². The molecular formula is C21H23F3N2O3. The zero-order valence-electron chi connectivity index (χ0n) is 16.1. The van der Waals surface area contributed by atoms with E-state index < -0.39 is 29.7 Å². The topological polar surface area (TPSA) is 67.4 Å². The van der Waals surface area contributed by atoms with Crippen molar-refractivity contribution in [2.75, 3.05) is 11.9 Å². The maximum absolute atomic E-state index is 12.8. The molecule has 0 saturated heterocycles. The molecule has 1 unspecified atom stereocenters. The maximum atomic E-state index is 12.8. The van der Waals surface area contributed by atoms with Crippen molar-refractivity contribution in [2.24, 2.45) is 0 Å². The van der Waals surface area contributed by atoms with E-state index in [9.17, 15) is 22.8 Å². The number of rotatable bonds is 8. The van der Waals surface area contributed by atoms with Crippen LogP contribution in [-0.4, -0.2) is 24.5 Å². The van der Waals surface area contributed by atoms with Crippen molar-refractivity contribution >= 4 is 17.6 Å². The molecule has 0 aliphatic rings. The first-order valence-corrected chi connectivity index (χ1v) is 9.10. The van der Waals surface area contributed by atoms with Crippen molar-refractivity contribution in [1.29, 1.82) is 0 Å². The second kappa shape index (κ2) is 9.95. The Morgan fingerprint density at radius 1 is 1.03 bits per heavy atom. The van der Waals surface area contributed by atoms with Gasteiger partial charge in [-0.15, -0.1) is 0 Å². The molecule has 0 aliphatic heterocycles. The highest BCUT2D eigenvalue weighted by atomic mass is 19.4. The van der Waals surface area contributed by atoms with Gasteiger partial charge in [0.25, 0.3) is 0 Å². The molecule has 2 N–H and O–H groups in total. The molecule has 0 saturated carbocycles. The number of carbonyl (C=O) groups is 2. The van der Waals surface area contributed by atoms with Crippen LogP contribution in [0.3, 0.4) is 0 Å². The predicted octanol–water partition coefficient (Wildman–Crippen LogP) is 4.32. The number of hydrogen-bond acceptors (Lipinski definition) is 4. The number of nitrogens with one attached hydrogen (secondary N) is 2. The fourth-order valence-corrected chi connectivity index (χ4v) is 2.65. The highest BCUT2D eigenvalue weighted by Gasteiger charge is 2.30. The van der Waals surface area contributed by atoms with Gasteiger partial charge in [0, 0.05) is 5.69 Å². The van der Waals surface area contributed by atoms with Crippen molar-refractivity contribution in [3.8, 4) is 0 Å². The second-order valence-corrected chi connectivity index (χ2v) is 6.71. The Bertz CT molecular complexity index is 823. The number of ether oxygens (including phenoxy) is 1. The third-order valence-corrected chi connectivity index (χ3v) is 3.92. The van der Waals surface area contributed by atoms with Crippen LogP contribution in [0.4, 0.5) is 18.9 Å². The van der Waals surface area contributed by atoms with E-state index in [4.69, 9.17) is 4.74 Å². The van der Waals surface area contributed by atoms with Crippen LogP contribution in [-0.2, 0) is 20.5 Å². The molecule has 1 atom stereocenters. The molecule has 29 heavy (non-hydrogen) atoms. The molecule has 0 radical (unpaired) electrons. The van der Waals surface area contributed by atoms with E-state index in [2.05, 4.69) is 10.6 Å². The van der Waals surface area contributed by atoms with Gasteiger partial charge in [-0.05, 0) is 37.6 Å². The lowest BCUT2D eigenvalue weighted by atomic mass is 10.0. The average molecular weight is 408 g/mol. The van der Waals surface area contributed by atoms with E-state index >= 15 is 0 Å². The summed E-state index contributed by atoms with van der Waals surface area (Å²) in [5, 5.41) is 5.40. The van der Waals surface area contributed by atoms with Gasteiger partial charge in [0.2, 0.25) is 5.91 Å². The molecule has 0 fully saturated rings. The van der Waals surface area contributed by atoms with E-state index in [-0.39, 0.29) is 24.8 Å². The van der Waals surface area contributed by atoms with Gasteiger partial charge in [-0.1, -0.05) is 36.4 Å². The summed E-state index contributed by atoms with van der Waals surface area (Å²) in [5.74, 6) is -0.923. The van der Waals surface area contributed by atoms with Crippen molar-refractivity contribution in [2.45, 2.75) is 38.6 Å². The van der Waals surface area contributed by atoms with E-state index in [0.29, 0.717) is 0 Å². The van der Waals surface area contributed by atoms with Crippen LogP contribution in [0.5, 0.6) is 0 Å². The molecule has 0 spiro atoms. The van der Waals surface area contributed by atoms with Crippen LogP contribution >= 0.6 is 0 Å². The summed E-state index contributed by atoms with van der Waals surface area (Å²) in [6.07, 6.45) is -4.80. The normalized spacial score (nSPS) is 12.3. The third kappa shape index (κ3) is 7.48. The number of amides is 1. The summed E-state index contributed by atoms with van der Waals surface area (Å²) < 4.78 is 43.5. The number of hydrogen-bond donors (Lipinski definition) is 2. The Labute approximate surface area is 167 Å². The number of halogens is 3. The van der Waals surface area contributed by atoms with Gasteiger partial charge in [-0.2, -0.15) is 13.2 Å². The van der Waals surface area contributed by atoms with Gasteiger partial charge < -0.3 is 15.4 Å². The highest BCUT2D eigenvalue weighted by Crippen LogP contribution is 2.30. The molecule has 2 aromatic carbocycles. The molecule has 156 valence electrons. The molecule has 0 aliphatic carbocycles. The zero-order chi connectivity index (χ0) is 21.4. The number of benzene rings is 2. The number of esters is 1. The number of carbonyl (C=O) groups excluding carboxylic acids is 2. The molecule has 8 heteroatoms. The minimum absolute atomic E-state index is 0.0580. The predicted molar refractivity (Wildman–Crippen MR) is 103 cm³/mol. The Kier molecular flexibility index (Phi) is 7.64. The third-order valence-electron chi connectivity index (χ3n) is 3.92. The SMILES string of the molecule is CC(C)OC(=O)CC(NC(=O)CNc1cccc(C(F)(F)F)c1)c1ccccc1. The minimum Gasteiger partial charge on any atom is -0.463 e. The van der Waals surface area contributed by atoms with Gasteiger partial charge in [0.15, 0.2) is 0 Å². The van der Waals surface area contributed by atoms with Crippen molar-refractivity contribution in [1.82, 2.24) is 5.32 Å². The second-order valence-electron chi connectivity index (χ2n) is 6.71. The summed E-state index contributed by atoms with van der Waals surface area (Å²) in [6, 6.07) is 12.9. The zero-order valence-corrected chi connectivity index (χ0v) is 16.1. The summed E-state index contributed by atoms with van der Waals surface area (Å²) in [6.45, 7) is 3.21. The van der Waals surface area contributed by atoms with Gasteiger partial charge in [0.05, 0.1) is 30.7 Å². The smallest absolute Gasteiger partial charge is 0.416 e. The fourth-order valence-electron chi connectivity index (χ4n) is 2.65. The Morgan fingerprint density at radius 2 is 1.72 bits per heavy atom. The van der Waals surface area contributed by atoms with Crippen molar-refractivity contribution in [3.63, 3.8) is 0 Å². The quantitative estimate of drug-likeness (QED) is 0.639. The molecule has 5 nitrogen and oxygen atoms in total. The van der Waals surface area contributed by atoms with Crippen LogP contribution < -0.4 is 10.6 Å². The Morgan fingerprint density at radius 3 is 2.34 bits per heavy atom. The molecule has 2 rings (SSSR count). The van der Waals surface area contributed by atoms with E-state index in [1.165, 1.54) is 12.1 Å². The lowest BCUT2D eigenvalue weighted by Gasteiger charge is -2.20. The first-order valence-electron chi connectivity index (χ1n) is 9.10. The highest BCUT2D eigenvalue weighted by molar-refractivity contribution is 5.82. The van der Waals surface area contributed by atoms with Gasteiger partial charge in [-0.25, -0.2) is 0 Å². The Hall–Kier alpha value is -3.03. The maximum Gasteiger partial charge on any atom is 0.416 e. The Balaban J connectivity index is 2.01. The van der Waals surface area contributed by atoms with E-state index in [1.807, 2.05) is 6.07 Å². The van der Waals surface area contributed by atoms with Crippen LogP contribution in [0.2, 0.25) is 0 Å². The summed E-state index contributed by atoms with van der Waals surface area (Å²) in [5.41, 5.74) is 0.0904. The van der Waals surface area contributed by atoms with Crippen LogP contribution in [0.15, 0.2) is 54.6 Å². The van der Waals surface area contributed by atoms with Crippen molar-refractivity contribution < 1.29 is 27.5 Å². The molecule has 0 bridgehead atoms. The standard InChI is InChI=1S/C21H23F3N2O3/c1-14(2)29-20(28)12-18(15-7-4-3-5-8-15)26-19(27)13-25-17-10-6-9-16(11-17)21(22,23)24/h3-11,14,18,25H,12-13H2,1-2H3,(H,26,27). The average Bonchev–Trinajstić information content (AvgIpc) is 2.65. The molecule has 0 aromatic heterocycles. The van der Waals surface area contributed by atoms with Crippen molar-refractivity contribution in [3.05, 3.63) is 65.7 Å². The lowest BCUT2D eigenvalue weighted by Crippen LogP contribution is -2.35. The molecule has 1 amide bonds. The summed E-state index contributed by atoms with van der Waals surface area (Å²) >= 11 is 0. The van der Waals surface area contributed by atoms with Crippen LogP contribution in [0, 0.1) is 0 Å². The number of anilines is 1. The number of alkyl halides is 3. The summed E-state index contributed by atoms with van der Waals surface area (Å²) in [7, 11) is 0.